The fraction of sp³-hybridized carbons (Fsp3) is 0.208. The molecule has 1 aliphatic rings. The molecule has 3 aromatic rings. The molecule has 1 atom stereocenters. The van der Waals surface area contributed by atoms with E-state index in [-0.39, 0.29) is 16.6 Å². The molecule has 8 heteroatoms. The molecule has 4 rings (SSSR count). The van der Waals surface area contributed by atoms with Crippen molar-refractivity contribution >= 4 is 27.3 Å². The van der Waals surface area contributed by atoms with E-state index in [1.807, 2.05) is 0 Å². The monoisotopic (exact) mass is 453 g/mol. The van der Waals surface area contributed by atoms with E-state index in [1.165, 1.54) is 24.3 Å². The molecule has 1 amide bonds. The third-order valence-electron chi connectivity index (χ3n) is 5.48. The number of rotatable bonds is 7. The number of benzene rings is 3. The lowest BCUT2D eigenvalue weighted by atomic mass is 10.1. The zero-order chi connectivity index (χ0) is 22.6. The van der Waals surface area contributed by atoms with Gasteiger partial charge in [0.1, 0.15) is 5.82 Å². The second-order valence-corrected chi connectivity index (χ2v) is 9.47. The second kappa shape index (κ2) is 9.40. The van der Waals surface area contributed by atoms with Gasteiger partial charge in [-0.05, 0) is 73.0 Å². The molecule has 0 saturated carbocycles. The Morgan fingerprint density at radius 2 is 1.66 bits per heavy atom. The van der Waals surface area contributed by atoms with Crippen molar-refractivity contribution in [3.63, 3.8) is 0 Å². The number of nitrogens with one attached hydrogen (secondary N) is 2. The van der Waals surface area contributed by atoms with Crippen LogP contribution < -0.4 is 14.9 Å². The topological polar surface area (TPSA) is 78.5 Å². The van der Waals surface area contributed by atoms with Crippen LogP contribution in [0, 0.1) is 11.7 Å². The van der Waals surface area contributed by atoms with Crippen LogP contribution in [-0.2, 0) is 10.0 Å². The fourth-order valence-corrected chi connectivity index (χ4v) is 4.81. The summed E-state index contributed by atoms with van der Waals surface area (Å²) in [7, 11) is -3.67. The summed E-state index contributed by atoms with van der Waals surface area (Å²) in [6.45, 7) is 2.20. The Balaban J connectivity index is 1.29. The van der Waals surface area contributed by atoms with Crippen LogP contribution in [0.3, 0.4) is 0 Å². The lowest BCUT2D eigenvalue weighted by molar-refractivity contribution is 0.0948. The highest BCUT2D eigenvalue weighted by atomic mass is 32.2. The van der Waals surface area contributed by atoms with Gasteiger partial charge in [-0.15, -0.1) is 0 Å². The van der Waals surface area contributed by atoms with Gasteiger partial charge < -0.3 is 10.2 Å². The number of hydrogen-bond donors (Lipinski definition) is 2. The quantitative estimate of drug-likeness (QED) is 0.569. The van der Waals surface area contributed by atoms with Crippen LogP contribution in [0.15, 0.2) is 83.8 Å². The molecule has 0 bridgehead atoms. The zero-order valence-corrected chi connectivity index (χ0v) is 18.2. The van der Waals surface area contributed by atoms with Crippen LogP contribution in [0.1, 0.15) is 16.8 Å². The van der Waals surface area contributed by atoms with Crippen LogP contribution >= 0.6 is 0 Å². The molecule has 1 fully saturated rings. The minimum absolute atomic E-state index is 0.174. The van der Waals surface area contributed by atoms with Gasteiger partial charge in [-0.2, -0.15) is 0 Å². The molecule has 0 radical (unpaired) electrons. The molecule has 3 aromatic carbocycles. The van der Waals surface area contributed by atoms with E-state index in [0.717, 1.165) is 25.2 Å². The highest BCUT2D eigenvalue weighted by Crippen LogP contribution is 2.24. The van der Waals surface area contributed by atoms with Gasteiger partial charge in [0.15, 0.2) is 0 Å². The molecular formula is C24H24FN3O3S. The van der Waals surface area contributed by atoms with Gasteiger partial charge in [-0.25, -0.2) is 12.8 Å². The molecule has 166 valence electrons. The lowest BCUT2D eigenvalue weighted by Gasteiger charge is -2.19. The number of sulfonamides is 1. The van der Waals surface area contributed by atoms with Crippen molar-refractivity contribution in [3.8, 4) is 0 Å². The Kier molecular flexibility index (Phi) is 6.41. The van der Waals surface area contributed by atoms with Crippen molar-refractivity contribution in [2.24, 2.45) is 5.92 Å². The normalized spacial score (nSPS) is 16.0. The molecule has 1 unspecified atom stereocenters. The first kappa shape index (κ1) is 21.8. The third-order valence-corrected chi connectivity index (χ3v) is 6.88. The van der Waals surface area contributed by atoms with E-state index in [4.69, 9.17) is 0 Å². The molecular weight excluding hydrogens is 429 g/mol. The Hall–Kier alpha value is -3.39. The van der Waals surface area contributed by atoms with Gasteiger partial charge in [0, 0.05) is 36.6 Å². The van der Waals surface area contributed by atoms with E-state index in [9.17, 15) is 17.6 Å². The highest BCUT2D eigenvalue weighted by molar-refractivity contribution is 7.92. The van der Waals surface area contributed by atoms with Crippen LogP contribution in [0.4, 0.5) is 15.8 Å². The maximum absolute atomic E-state index is 13.1. The summed E-state index contributed by atoms with van der Waals surface area (Å²) in [5.74, 6) is -0.153. The molecule has 1 heterocycles. The van der Waals surface area contributed by atoms with E-state index in [1.54, 1.807) is 54.6 Å². The van der Waals surface area contributed by atoms with Gasteiger partial charge in [0.05, 0.1) is 4.90 Å². The van der Waals surface area contributed by atoms with E-state index < -0.39 is 10.0 Å². The van der Waals surface area contributed by atoms with E-state index in [2.05, 4.69) is 14.9 Å². The maximum atomic E-state index is 13.1. The van der Waals surface area contributed by atoms with Crippen molar-refractivity contribution in [1.29, 1.82) is 0 Å². The minimum atomic E-state index is -3.67. The predicted molar refractivity (Wildman–Crippen MR) is 123 cm³/mol. The first-order chi connectivity index (χ1) is 15.4. The maximum Gasteiger partial charge on any atom is 0.261 e. The Morgan fingerprint density at radius 1 is 0.969 bits per heavy atom. The Labute approximate surface area is 187 Å². The smallest absolute Gasteiger partial charge is 0.261 e. The number of anilines is 2. The number of halogens is 1. The molecule has 1 aliphatic heterocycles. The number of carbonyl (C=O) groups is 1. The van der Waals surface area contributed by atoms with Crippen LogP contribution in [-0.4, -0.2) is 34.0 Å². The number of nitrogens with zero attached hydrogens (tertiary/aromatic N) is 1. The van der Waals surface area contributed by atoms with Crippen molar-refractivity contribution < 1.29 is 17.6 Å². The first-order valence-corrected chi connectivity index (χ1v) is 11.9. The van der Waals surface area contributed by atoms with Gasteiger partial charge in [-0.3, -0.25) is 9.52 Å². The number of carbonyl (C=O) groups excluding carboxylic acids is 1. The van der Waals surface area contributed by atoms with E-state index in [0.29, 0.717) is 23.7 Å². The summed E-state index contributed by atoms with van der Waals surface area (Å²) in [6.07, 6.45) is 0.942. The summed E-state index contributed by atoms with van der Waals surface area (Å²) in [6, 6.07) is 20.9. The Morgan fingerprint density at radius 3 is 2.34 bits per heavy atom. The lowest BCUT2D eigenvalue weighted by Crippen LogP contribution is -2.31. The Bertz CT molecular complexity index is 1170. The van der Waals surface area contributed by atoms with Crippen molar-refractivity contribution in [1.82, 2.24) is 5.32 Å². The van der Waals surface area contributed by atoms with Crippen molar-refractivity contribution in [2.75, 3.05) is 29.3 Å². The standard InChI is InChI=1S/C24H24FN3O3S/c25-20-8-12-22(13-9-20)28-15-14-18(17-28)16-26-24(29)19-6-10-21(11-7-19)27-32(30,31)23-4-2-1-3-5-23/h1-13,18,27H,14-17H2,(H,26,29). The average molecular weight is 454 g/mol. The average Bonchev–Trinajstić information content (AvgIpc) is 3.28. The summed E-state index contributed by atoms with van der Waals surface area (Å²) in [5, 5.41) is 2.95. The SMILES string of the molecule is O=C(NCC1CCN(c2ccc(F)cc2)C1)c1ccc(NS(=O)(=O)c2ccccc2)cc1. The molecule has 1 saturated heterocycles. The first-order valence-electron chi connectivity index (χ1n) is 10.4. The molecule has 6 nitrogen and oxygen atoms in total. The summed E-state index contributed by atoms with van der Waals surface area (Å²) in [4.78, 5) is 14.9. The van der Waals surface area contributed by atoms with Crippen LogP contribution in [0.2, 0.25) is 0 Å². The van der Waals surface area contributed by atoms with Gasteiger partial charge in [0.25, 0.3) is 15.9 Å². The molecule has 0 spiro atoms. The van der Waals surface area contributed by atoms with Crippen molar-refractivity contribution in [3.05, 3.63) is 90.2 Å². The zero-order valence-electron chi connectivity index (χ0n) is 17.4. The highest BCUT2D eigenvalue weighted by Gasteiger charge is 2.23. The molecule has 2 N–H and O–H groups in total. The summed E-state index contributed by atoms with van der Waals surface area (Å²) in [5.41, 5.74) is 1.82. The van der Waals surface area contributed by atoms with Gasteiger partial charge >= 0.3 is 0 Å². The second-order valence-electron chi connectivity index (χ2n) is 7.78. The number of amides is 1. The molecule has 32 heavy (non-hydrogen) atoms. The van der Waals surface area contributed by atoms with Gasteiger partial charge in [-0.1, -0.05) is 18.2 Å². The molecule has 0 aliphatic carbocycles. The third kappa shape index (κ3) is 5.26. The van der Waals surface area contributed by atoms with Gasteiger partial charge in [0.2, 0.25) is 0 Å². The summed E-state index contributed by atoms with van der Waals surface area (Å²) >= 11 is 0. The largest absolute Gasteiger partial charge is 0.371 e. The summed E-state index contributed by atoms with van der Waals surface area (Å²) < 4.78 is 40.4. The fourth-order valence-electron chi connectivity index (χ4n) is 3.73. The minimum Gasteiger partial charge on any atom is -0.371 e. The number of hydrogen-bond acceptors (Lipinski definition) is 4. The van der Waals surface area contributed by atoms with Crippen molar-refractivity contribution in [2.45, 2.75) is 11.3 Å². The van der Waals surface area contributed by atoms with E-state index >= 15 is 0 Å². The van der Waals surface area contributed by atoms with Crippen LogP contribution in [0.25, 0.3) is 0 Å². The molecule has 0 aromatic heterocycles. The van der Waals surface area contributed by atoms with Crippen LogP contribution in [0.5, 0.6) is 0 Å². The predicted octanol–water partition coefficient (Wildman–Crippen LogP) is 3.88.